The van der Waals surface area contributed by atoms with Crippen molar-refractivity contribution in [2.24, 2.45) is 0 Å². The molecule has 0 fully saturated rings. The molecule has 3 N–H and O–H groups in total. The third kappa shape index (κ3) is 5.16. The van der Waals surface area contributed by atoms with Gasteiger partial charge in [0.2, 0.25) is 0 Å². The van der Waals surface area contributed by atoms with Crippen LogP contribution >= 0.6 is 0 Å². The molecule has 28 heavy (non-hydrogen) atoms. The Hall–Kier alpha value is -3.21. The Morgan fingerprint density at radius 3 is 2.54 bits per heavy atom. The van der Waals surface area contributed by atoms with E-state index in [0.717, 1.165) is 25.8 Å². The molecule has 0 bridgehead atoms. The summed E-state index contributed by atoms with van der Waals surface area (Å²) in [6.45, 7) is 3.50. The van der Waals surface area contributed by atoms with Crippen LogP contribution in [-0.2, 0) is 0 Å². The second-order valence-electron chi connectivity index (χ2n) is 6.71. The molecule has 5 heteroatoms. The average Bonchev–Trinajstić information content (AvgIpc) is 3.22. The summed E-state index contributed by atoms with van der Waals surface area (Å²) in [6, 6.07) is 12.8. The molecule has 5 nitrogen and oxygen atoms in total. The molecule has 146 valence electrons. The highest BCUT2D eigenvalue weighted by molar-refractivity contribution is 5.92. The number of aromatic carboxylic acids is 1. The van der Waals surface area contributed by atoms with Crippen molar-refractivity contribution in [2.75, 3.05) is 23.7 Å². The highest BCUT2D eigenvalue weighted by atomic mass is 16.5. The van der Waals surface area contributed by atoms with Crippen molar-refractivity contribution in [1.29, 1.82) is 0 Å². The lowest BCUT2D eigenvalue weighted by molar-refractivity contribution is 0.0697. The van der Waals surface area contributed by atoms with Crippen LogP contribution in [0.4, 0.5) is 11.4 Å². The van der Waals surface area contributed by atoms with Gasteiger partial charge >= 0.3 is 5.97 Å². The molecule has 0 saturated heterocycles. The van der Waals surface area contributed by atoms with Crippen LogP contribution in [0, 0.1) is 0 Å². The van der Waals surface area contributed by atoms with Gasteiger partial charge in [-0.25, -0.2) is 4.79 Å². The number of carbonyl (C=O) groups is 1. The van der Waals surface area contributed by atoms with E-state index in [2.05, 4.69) is 29.7 Å². The first-order valence-electron chi connectivity index (χ1n) is 9.64. The Labute approximate surface area is 165 Å². The minimum atomic E-state index is -0.963. The number of rotatable bonds is 10. The van der Waals surface area contributed by atoms with Gasteiger partial charge < -0.3 is 20.5 Å². The maximum absolute atomic E-state index is 11.6. The number of para-hydroxylation sites is 1. The van der Waals surface area contributed by atoms with Gasteiger partial charge in [0.1, 0.15) is 5.75 Å². The Balaban J connectivity index is 1.94. The predicted octanol–water partition coefficient (Wildman–Crippen LogP) is 5.69. The summed E-state index contributed by atoms with van der Waals surface area (Å²) in [5.41, 5.74) is 2.81. The van der Waals surface area contributed by atoms with E-state index in [1.54, 1.807) is 12.1 Å². The summed E-state index contributed by atoms with van der Waals surface area (Å²) in [6.07, 6.45) is 9.15. The minimum Gasteiger partial charge on any atom is -0.478 e. The first-order valence-corrected chi connectivity index (χ1v) is 9.64. The van der Waals surface area contributed by atoms with Gasteiger partial charge in [0.05, 0.1) is 16.9 Å². The minimum absolute atomic E-state index is 0.223. The summed E-state index contributed by atoms with van der Waals surface area (Å²) in [5, 5.41) is 16.3. The first-order chi connectivity index (χ1) is 13.7. The Bertz CT molecular complexity index is 873. The van der Waals surface area contributed by atoms with E-state index in [0.29, 0.717) is 29.4 Å². The van der Waals surface area contributed by atoms with E-state index in [1.165, 1.54) is 5.57 Å². The fraction of sp³-hybridized carbons (Fsp3) is 0.261. The number of hydrogen-bond acceptors (Lipinski definition) is 4. The zero-order valence-electron chi connectivity index (χ0n) is 16.1. The first kappa shape index (κ1) is 19.5. The van der Waals surface area contributed by atoms with Gasteiger partial charge in [-0.1, -0.05) is 49.8 Å². The summed E-state index contributed by atoms with van der Waals surface area (Å²) >= 11 is 0. The van der Waals surface area contributed by atoms with Crippen LogP contribution in [0.15, 0.2) is 66.3 Å². The number of ether oxygens (including phenoxy) is 1. The van der Waals surface area contributed by atoms with Crippen LogP contribution in [0.2, 0.25) is 0 Å². The highest BCUT2D eigenvalue weighted by Crippen LogP contribution is 2.39. The molecule has 0 amide bonds. The molecule has 0 unspecified atom stereocenters. The van der Waals surface area contributed by atoms with Crippen LogP contribution in [0.25, 0.3) is 0 Å². The van der Waals surface area contributed by atoms with E-state index in [-0.39, 0.29) is 5.56 Å². The molecule has 0 radical (unpaired) electrons. The van der Waals surface area contributed by atoms with Crippen molar-refractivity contribution in [3.8, 4) is 11.5 Å². The number of nitrogens with one attached hydrogen (secondary N) is 2. The largest absolute Gasteiger partial charge is 0.478 e. The topological polar surface area (TPSA) is 70.6 Å². The number of hydrogen-bond donors (Lipinski definition) is 3. The van der Waals surface area contributed by atoms with Crippen LogP contribution < -0.4 is 15.4 Å². The fourth-order valence-corrected chi connectivity index (χ4v) is 2.96. The number of allylic oxidation sites excluding steroid dienone is 3. The summed E-state index contributed by atoms with van der Waals surface area (Å²) in [4.78, 5) is 11.6. The zero-order valence-corrected chi connectivity index (χ0v) is 16.1. The smallest absolute Gasteiger partial charge is 0.335 e. The lowest BCUT2D eigenvalue weighted by atomic mass is 10.1. The number of unbranched alkanes of at least 4 members (excludes halogenated alkanes) is 1. The molecule has 1 aliphatic carbocycles. The Kier molecular flexibility index (Phi) is 6.73. The lowest BCUT2D eigenvalue weighted by Crippen LogP contribution is -2.10. The van der Waals surface area contributed by atoms with Crippen molar-refractivity contribution in [2.45, 2.75) is 26.2 Å². The summed E-state index contributed by atoms with van der Waals surface area (Å²) < 4.78 is 6.17. The molecule has 0 aromatic heterocycles. The number of carboxylic acids is 1. The molecule has 0 heterocycles. The lowest BCUT2D eigenvalue weighted by Gasteiger charge is -2.19. The Morgan fingerprint density at radius 1 is 1.14 bits per heavy atom. The van der Waals surface area contributed by atoms with E-state index < -0.39 is 5.97 Å². The highest BCUT2D eigenvalue weighted by Gasteiger charge is 2.17. The van der Waals surface area contributed by atoms with Gasteiger partial charge in [-0.15, -0.1) is 0 Å². The molecule has 2 aromatic carbocycles. The quantitative estimate of drug-likeness (QED) is 0.464. The predicted molar refractivity (Wildman–Crippen MR) is 114 cm³/mol. The maximum Gasteiger partial charge on any atom is 0.335 e. The van der Waals surface area contributed by atoms with E-state index >= 15 is 0 Å². The second-order valence-corrected chi connectivity index (χ2v) is 6.71. The maximum atomic E-state index is 11.6. The van der Waals surface area contributed by atoms with Crippen LogP contribution in [0.3, 0.4) is 0 Å². The molecule has 2 aromatic rings. The van der Waals surface area contributed by atoms with E-state index in [4.69, 9.17) is 4.74 Å². The van der Waals surface area contributed by atoms with E-state index in [1.807, 2.05) is 36.4 Å². The van der Waals surface area contributed by atoms with E-state index in [9.17, 15) is 9.90 Å². The van der Waals surface area contributed by atoms with Gasteiger partial charge in [0.25, 0.3) is 0 Å². The third-order valence-electron chi connectivity index (χ3n) is 4.50. The van der Waals surface area contributed by atoms with Crippen LogP contribution in [-0.4, -0.2) is 24.2 Å². The van der Waals surface area contributed by atoms with Gasteiger partial charge in [-0.05, 0) is 42.7 Å². The van der Waals surface area contributed by atoms with Crippen molar-refractivity contribution in [1.82, 2.24) is 0 Å². The van der Waals surface area contributed by atoms with Gasteiger partial charge in [-0.3, -0.25) is 0 Å². The second kappa shape index (κ2) is 9.65. The van der Waals surface area contributed by atoms with Crippen molar-refractivity contribution >= 4 is 17.3 Å². The normalized spacial score (nSPS) is 12.5. The molecular formula is C23H26N2O3. The summed E-state index contributed by atoms with van der Waals surface area (Å²) in [5.74, 6) is 0.349. The fourth-order valence-electron chi connectivity index (χ4n) is 2.96. The molecular weight excluding hydrogens is 352 g/mol. The molecule has 3 rings (SSSR count). The zero-order chi connectivity index (χ0) is 19.8. The third-order valence-corrected chi connectivity index (χ3v) is 4.50. The summed E-state index contributed by atoms with van der Waals surface area (Å²) in [7, 11) is 0. The van der Waals surface area contributed by atoms with Gasteiger partial charge in [-0.2, -0.15) is 0 Å². The number of benzene rings is 2. The van der Waals surface area contributed by atoms with Gasteiger partial charge in [0, 0.05) is 13.1 Å². The van der Waals surface area contributed by atoms with Crippen molar-refractivity contribution in [3.05, 3.63) is 71.8 Å². The number of anilines is 2. The van der Waals surface area contributed by atoms with Gasteiger partial charge in [0.15, 0.2) is 5.75 Å². The molecule has 0 spiro atoms. The monoisotopic (exact) mass is 378 g/mol. The molecule has 0 atom stereocenters. The average molecular weight is 378 g/mol. The van der Waals surface area contributed by atoms with Crippen molar-refractivity contribution in [3.63, 3.8) is 0 Å². The standard InChI is InChI=1S/C23H26N2O3/c1-2-3-13-24-20-14-18(23(26)27)15-21(25-16-17-9-7-8-10-17)22(20)28-19-11-5-4-6-12-19/h4-9,11-12,14-15,24-25H,2-3,10,13,16H2,1H3,(H,26,27). The van der Waals surface area contributed by atoms with Crippen molar-refractivity contribution < 1.29 is 14.6 Å². The number of carboxylic acid groups (broad SMARTS) is 1. The molecule has 0 aliphatic heterocycles. The molecule has 1 aliphatic rings. The van der Waals surface area contributed by atoms with Crippen LogP contribution in [0.5, 0.6) is 11.5 Å². The van der Waals surface area contributed by atoms with Crippen LogP contribution in [0.1, 0.15) is 36.5 Å². The molecule has 0 saturated carbocycles. The SMILES string of the molecule is CCCCNc1cc(C(=O)O)cc(NCC2=CC=CC2)c1Oc1ccccc1. The Morgan fingerprint density at radius 2 is 1.89 bits per heavy atom.